The Morgan fingerprint density at radius 1 is 1.00 bits per heavy atom. The fraction of sp³-hybridized carbons (Fsp3) is 0.294. The number of rotatable bonds is 0. The molecule has 1 aliphatic heterocycles. The van der Waals surface area contributed by atoms with Crippen LogP contribution in [0.3, 0.4) is 0 Å². The standard InChI is InChI=1S/C17H16O/c1-11-6-7-13-15(8-11)17(9-18-10-17)14-5-3-4-12(2)16(13)14/h3-8H,9-10H2,1-2H3. The molecule has 1 fully saturated rings. The minimum atomic E-state index is 0.142. The molecule has 2 aliphatic rings. The second-order valence-corrected chi connectivity index (χ2v) is 5.62. The summed E-state index contributed by atoms with van der Waals surface area (Å²) in [7, 11) is 0. The zero-order valence-corrected chi connectivity index (χ0v) is 10.8. The molecule has 0 radical (unpaired) electrons. The molecule has 1 heteroatoms. The van der Waals surface area contributed by atoms with Gasteiger partial charge in [0.15, 0.2) is 0 Å². The highest BCUT2D eigenvalue weighted by atomic mass is 16.5. The number of hydrogen-bond acceptors (Lipinski definition) is 1. The number of hydrogen-bond donors (Lipinski definition) is 0. The Morgan fingerprint density at radius 3 is 2.56 bits per heavy atom. The first-order valence-electron chi connectivity index (χ1n) is 6.52. The van der Waals surface area contributed by atoms with Crippen LogP contribution >= 0.6 is 0 Å². The average Bonchev–Trinajstić information content (AvgIpc) is 2.59. The van der Waals surface area contributed by atoms with E-state index in [2.05, 4.69) is 50.2 Å². The van der Waals surface area contributed by atoms with Crippen LogP contribution in [0.25, 0.3) is 11.1 Å². The van der Waals surface area contributed by atoms with Crippen LogP contribution in [-0.2, 0) is 10.2 Å². The Balaban J connectivity index is 2.11. The molecule has 90 valence electrons. The third-order valence-electron chi connectivity index (χ3n) is 4.45. The highest BCUT2D eigenvalue weighted by Crippen LogP contribution is 2.53. The van der Waals surface area contributed by atoms with Crippen LogP contribution in [0.2, 0.25) is 0 Å². The lowest BCUT2D eigenvalue weighted by atomic mass is 9.76. The molecule has 2 aromatic rings. The molecule has 18 heavy (non-hydrogen) atoms. The normalized spacial score (nSPS) is 18.3. The summed E-state index contributed by atoms with van der Waals surface area (Å²) >= 11 is 0. The van der Waals surface area contributed by atoms with Gasteiger partial charge in [-0.15, -0.1) is 0 Å². The molecule has 4 rings (SSSR count). The van der Waals surface area contributed by atoms with E-state index in [9.17, 15) is 0 Å². The van der Waals surface area contributed by atoms with Crippen molar-refractivity contribution < 1.29 is 4.74 Å². The summed E-state index contributed by atoms with van der Waals surface area (Å²) in [5.74, 6) is 0. The van der Waals surface area contributed by atoms with E-state index in [-0.39, 0.29) is 5.41 Å². The first kappa shape index (κ1) is 10.3. The Kier molecular flexibility index (Phi) is 1.86. The first-order chi connectivity index (χ1) is 8.72. The molecule has 0 aromatic heterocycles. The van der Waals surface area contributed by atoms with Crippen molar-refractivity contribution in [1.29, 1.82) is 0 Å². The van der Waals surface area contributed by atoms with E-state index in [0.29, 0.717) is 0 Å². The van der Waals surface area contributed by atoms with Crippen molar-refractivity contribution in [3.63, 3.8) is 0 Å². The van der Waals surface area contributed by atoms with Crippen molar-refractivity contribution in [2.45, 2.75) is 19.3 Å². The number of benzene rings is 2. The van der Waals surface area contributed by atoms with Crippen molar-refractivity contribution in [2.24, 2.45) is 0 Å². The highest BCUT2D eigenvalue weighted by Gasteiger charge is 2.49. The number of aryl methyl sites for hydroxylation is 2. The molecule has 1 spiro atoms. The van der Waals surface area contributed by atoms with Crippen molar-refractivity contribution in [3.8, 4) is 11.1 Å². The SMILES string of the molecule is Cc1ccc2c(c1)C1(COC1)c1cccc(C)c1-2. The third kappa shape index (κ3) is 1.06. The van der Waals surface area contributed by atoms with Crippen LogP contribution in [0.1, 0.15) is 22.3 Å². The lowest BCUT2D eigenvalue weighted by molar-refractivity contribution is -0.0358. The Hall–Kier alpha value is -1.60. The van der Waals surface area contributed by atoms with Gasteiger partial charge in [0.05, 0.1) is 18.6 Å². The van der Waals surface area contributed by atoms with E-state index in [1.165, 1.54) is 33.4 Å². The average molecular weight is 236 g/mol. The van der Waals surface area contributed by atoms with Crippen LogP contribution in [0.15, 0.2) is 36.4 Å². The summed E-state index contributed by atoms with van der Waals surface area (Å²) in [5.41, 5.74) is 8.65. The Bertz CT molecular complexity index is 651. The summed E-state index contributed by atoms with van der Waals surface area (Å²) in [6.45, 7) is 6.05. The zero-order chi connectivity index (χ0) is 12.3. The van der Waals surface area contributed by atoms with E-state index in [4.69, 9.17) is 4.74 Å². The van der Waals surface area contributed by atoms with Gasteiger partial charge in [-0.1, -0.05) is 42.0 Å². The predicted octanol–water partition coefficient (Wildman–Crippen LogP) is 3.60. The van der Waals surface area contributed by atoms with Gasteiger partial charge in [-0.3, -0.25) is 0 Å². The molecule has 1 aliphatic carbocycles. The molecular formula is C17H16O. The molecule has 0 bridgehead atoms. The number of ether oxygens (including phenoxy) is 1. The van der Waals surface area contributed by atoms with Gasteiger partial charge in [-0.25, -0.2) is 0 Å². The number of fused-ring (bicyclic) bond motifs is 5. The van der Waals surface area contributed by atoms with Crippen LogP contribution in [0.5, 0.6) is 0 Å². The molecular weight excluding hydrogens is 220 g/mol. The monoisotopic (exact) mass is 236 g/mol. The molecule has 0 N–H and O–H groups in total. The molecule has 1 nitrogen and oxygen atoms in total. The largest absolute Gasteiger partial charge is 0.379 e. The maximum Gasteiger partial charge on any atom is 0.0681 e. The van der Waals surface area contributed by atoms with Crippen LogP contribution in [0, 0.1) is 13.8 Å². The molecule has 0 saturated carbocycles. The van der Waals surface area contributed by atoms with Crippen molar-refractivity contribution in [3.05, 3.63) is 58.7 Å². The van der Waals surface area contributed by atoms with E-state index in [1.807, 2.05) is 0 Å². The topological polar surface area (TPSA) is 9.23 Å². The van der Waals surface area contributed by atoms with Crippen molar-refractivity contribution in [1.82, 2.24) is 0 Å². The lowest BCUT2D eigenvalue weighted by Gasteiger charge is -2.40. The van der Waals surface area contributed by atoms with Gasteiger partial charge in [-0.05, 0) is 41.7 Å². The minimum Gasteiger partial charge on any atom is -0.379 e. The fourth-order valence-electron chi connectivity index (χ4n) is 3.46. The smallest absolute Gasteiger partial charge is 0.0681 e. The van der Waals surface area contributed by atoms with Crippen LogP contribution in [-0.4, -0.2) is 13.2 Å². The second-order valence-electron chi connectivity index (χ2n) is 5.62. The van der Waals surface area contributed by atoms with Gasteiger partial charge in [0.25, 0.3) is 0 Å². The van der Waals surface area contributed by atoms with Gasteiger partial charge >= 0.3 is 0 Å². The van der Waals surface area contributed by atoms with Crippen molar-refractivity contribution >= 4 is 0 Å². The molecule has 0 unspecified atom stereocenters. The Labute approximate surface area is 107 Å². The quantitative estimate of drug-likeness (QED) is 0.679. The van der Waals surface area contributed by atoms with E-state index in [0.717, 1.165) is 13.2 Å². The summed E-state index contributed by atoms with van der Waals surface area (Å²) in [6.07, 6.45) is 0. The van der Waals surface area contributed by atoms with Gasteiger partial charge in [-0.2, -0.15) is 0 Å². The third-order valence-corrected chi connectivity index (χ3v) is 4.45. The van der Waals surface area contributed by atoms with Gasteiger partial charge in [0.1, 0.15) is 0 Å². The van der Waals surface area contributed by atoms with E-state index in [1.54, 1.807) is 0 Å². The second kappa shape index (κ2) is 3.24. The zero-order valence-electron chi connectivity index (χ0n) is 10.8. The molecule has 1 heterocycles. The molecule has 0 atom stereocenters. The van der Waals surface area contributed by atoms with Crippen LogP contribution < -0.4 is 0 Å². The van der Waals surface area contributed by atoms with E-state index < -0.39 is 0 Å². The fourth-order valence-corrected chi connectivity index (χ4v) is 3.46. The van der Waals surface area contributed by atoms with Gasteiger partial charge in [0, 0.05) is 0 Å². The predicted molar refractivity (Wildman–Crippen MR) is 73.0 cm³/mol. The van der Waals surface area contributed by atoms with Crippen LogP contribution in [0.4, 0.5) is 0 Å². The highest BCUT2D eigenvalue weighted by molar-refractivity contribution is 5.84. The lowest BCUT2D eigenvalue weighted by Crippen LogP contribution is -2.46. The van der Waals surface area contributed by atoms with Crippen molar-refractivity contribution in [2.75, 3.05) is 13.2 Å². The van der Waals surface area contributed by atoms with E-state index >= 15 is 0 Å². The summed E-state index contributed by atoms with van der Waals surface area (Å²) in [4.78, 5) is 0. The first-order valence-corrected chi connectivity index (χ1v) is 6.52. The molecule has 0 amide bonds. The minimum absolute atomic E-state index is 0.142. The Morgan fingerprint density at radius 2 is 1.83 bits per heavy atom. The summed E-state index contributed by atoms with van der Waals surface area (Å²) < 4.78 is 5.55. The van der Waals surface area contributed by atoms with Gasteiger partial charge < -0.3 is 4.74 Å². The molecule has 1 saturated heterocycles. The maximum atomic E-state index is 5.55. The maximum absolute atomic E-state index is 5.55. The van der Waals surface area contributed by atoms with Gasteiger partial charge in [0.2, 0.25) is 0 Å². The molecule has 2 aromatic carbocycles. The summed E-state index contributed by atoms with van der Waals surface area (Å²) in [6, 6.07) is 13.5. The summed E-state index contributed by atoms with van der Waals surface area (Å²) in [5, 5.41) is 0.